The minimum Gasteiger partial charge on any atom is -0.325 e. The number of nitrogens with one attached hydrogen (secondary N) is 2. The Morgan fingerprint density at radius 3 is 2.63 bits per heavy atom. The molecule has 0 aliphatic carbocycles. The van der Waals surface area contributed by atoms with E-state index in [0.717, 1.165) is 10.6 Å². The van der Waals surface area contributed by atoms with Crippen molar-refractivity contribution in [2.45, 2.75) is 17.9 Å². The molecule has 0 aromatic heterocycles. The molecule has 6 nitrogen and oxygen atoms in total. The molecule has 140 valence electrons. The number of hydrogen-bond acceptors (Lipinski definition) is 5. The minimum absolute atomic E-state index is 0.0789. The molecule has 2 aromatic carbocycles. The lowest BCUT2D eigenvalue weighted by Gasteiger charge is -2.23. The zero-order valence-electron chi connectivity index (χ0n) is 15.5. The molecule has 27 heavy (non-hydrogen) atoms. The molecule has 0 fully saturated rings. The summed E-state index contributed by atoms with van der Waals surface area (Å²) in [6.07, 6.45) is 1.95. The van der Waals surface area contributed by atoms with Crippen LogP contribution >= 0.6 is 11.8 Å². The first-order valence-electron chi connectivity index (χ1n) is 8.38. The number of hydrogen-bond donors (Lipinski definition) is 2. The second-order valence-electron chi connectivity index (χ2n) is 6.02. The molecule has 0 bridgehead atoms. The number of thioether (sulfide) groups is 1. The van der Waals surface area contributed by atoms with Crippen molar-refractivity contribution in [2.24, 2.45) is 0 Å². The van der Waals surface area contributed by atoms with Gasteiger partial charge in [-0.05, 0) is 50.6 Å². The van der Waals surface area contributed by atoms with Gasteiger partial charge in [-0.15, -0.1) is 11.8 Å². The van der Waals surface area contributed by atoms with Crippen molar-refractivity contribution in [3.8, 4) is 6.07 Å². The minimum atomic E-state index is -0.516. The zero-order valence-corrected chi connectivity index (χ0v) is 16.3. The maximum Gasteiger partial charge on any atom is 0.241 e. The first-order valence-corrected chi connectivity index (χ1v) is 9.61. The Labute approximate surface area is 163 Å². The van der Waals surface area contributed by atoms with Gasteiger partial charge in [0.05, 0.1) is 29.9 Å². The molecule has 0 unspecified atom stereocenters. The third-order valence-electron chi connectivity index (χ3n) is 4.07. The van der Waals surface area contributed by atoms with Gasteiger partial charge in [-0.25, -0.2) is 0 Å². The third kappa shape index (κ3) is 5.84. The number of benzene rings is 2. The highest BCUT2D eigenvalue weighted by molar-refractivity contribution is 7.98. The Balaban J connectivity index is 1.93. The van der Waals surface area contributed by atoms with E-state index in [2.05, 4.69) is 10.6 Å². The maximum absolute atomic E-state index is 12.4. The van der Waals surface area contributed by atoms with Crippen molar-refractivity contribution >= 4 is 35.0 Å². The van der Waals surface area contributed by atoms with Crippen molar-refractivity contribution < 1.29 is 9.59 Å². The van der Waals surface area contributed by atoms with Crippen LogP contribution in [0.15, 0.2) is 53.4 Å². The number of nitrogens with zero attached hydrogens (tertiary/aromatic N) is 2. The van der Waals surface area contributed by atoms with Crippen molar-refractivity contribution in [2.75, 3.05) is 30.5 Å². The quantitative estimate of drug-likeness (QED) is 0.719. The first-order chi connectivity index (χ1) is 12.9. The van der Waals surface area contributed by atoms with E-state index in [0.29, 0.717) is 11.3 Å². The number of anilines is 2. The molecule has 0 saturated carbocycles. The van der Waals surface area contributed by atoms with Gasteiger partial charge in [-0.2, -0.15) is 5.26 Å². The number of carbonyl (C=O) groups is 2. The average molecular weight is 382 g/mol. The topological polar surface area (TPSA) is 85.2 Å². The highest BCUT2D eigenvalue weighted by atomic mass is 32.2. The molecule has 2 aromatic rings. The predicted molar refractivity (Wildman–Crippen MR) is 109 cm³/mol. The number of para-hydroxylation sites is 1. The van der Waals surface area contributed by atoms with Gasteiger partial charge >= 0.3 is 0 Å². The van der Waals surface area contributed by atoms with Gasteiger partial charge in [-0.1, -0.05) is 18.2 Å². The number of nitriles is 1. The Morgan fingerprint density at radius 1 is 1.19 bits per heavy atom. The SMILES string of the molecule is CSc1ccccc1NC(=O)CN(C)[C@H](C)C(=O)Nc1cccc(C#N)c1. The van der Waals surface area contributed by atoms with E-state index in [9.17, 15) is 9.59 Å². The van der Waals surface area contributed by atoms with Gasteiger partial charge < -0.3 is 10.6 Å². The van der Waals surface area contributed by atoms with Gasteiger partial charge in [0, 0.05) is 10.6 Å². The van der Waals surface area contributed by atoms with Crippen LogP contribution in [-0.2, 0) is 9.59 Å². The maximum atomic E-state index is 12.4. The van der Waals surface area contributed by atoms with Gasteiger partial charge in [0.1, 0.15) is 0 Å². The van der Waals surface area contributed by atoms with E-state index in [1.165, 1.54) is 0 Å². The van der Waals surface area contributed by atoms with E-state index in [1.807, 2.05) is 36.6 Å². The second-order valence-corrected chi connectivity index (χ2v) is 6.87. The van der Waals surface area contributed by atoms with Crippen LogP contribution in [-0.4, -0.2) is 42.6 Å². The van der Waals surface area contributed by atoms with E-state index in [4.69, 9.17) is 5.26 Å². The normalized spacial score (nSPS) is 11.5. The van der Waals surface area contributed by atoms with Crippen LogP contribution in [0.2, 0.25) is 0 Å². The number of carbonyl (C=O) groups excluding carboxylic acids is 2. The van der Waals surface area contributed by atoms with Crippen LogP contribution < -0.4 is 10.6 Å². The number of rotatable bonds is 7. The van der Waals surface area contributed by atoms with Gasteiger partial charge in [0.15, 0.2) is 0 Å². The summed E-state index contributed by atoms with van der Waals surface area (Å²) < 4.78 is 0. The zero-order chi connectivity index (χ0) is 19.8. The van der Waals surface area contributed by atoms with Crippen LogP contribution in [0.1, 0.15) is 12.5 Å². The molecule has 2 rings (SSSR count). The molecule has 1 atom stereocenters. The number of amides is 2. The molecule has 0 radical (unpaired) electrons. The summed E-state index contributed by atoms with van der Waals surface area (Å²) in [5, 5.41) is 14.6. The molecule has 0 heterocycles. The van der Waals surface area contributed by atoms with Crippen LogP contribution in [0.4, 0.5) is 11.4 Å². The van der Waals surface area contributed by atoms with Crippen LogP contribution in [0.25, 0.3) is 0 Å². The van der Waals surface area contributed by atoms with Crippen molar-refractivity contribution in [3.63, 3.8) is 0 Å². The lowest BCUT2D eigenvalue weighted by Crippen LogP contribution is -2.43. The van der Waals surface area contributed by atoms with E-state index in [-0.39, 0.29) is 18.4 Å². The number of likely N-dealkylation sites (N-methyl/N-ethyl adjacent to an activating group) is 1. The van der Waals surface area contributed by atoms with Gasteiger partial charge in [0.25, 0.3) is 0 Å². The summed E-state index contributed by atoms with van der Waals surface area (Å²) >= 11 is 1.56. The third-order valence-corrected chi connectivity index (χ3v) is 4.87. The fraction of sp³-hybridized carbons (Fsp3) is 0.250. The molecular weight excluding hydrogens is 360 g/mol. The Kier molecular flexibility index (Phi) is 7.41. The van der Waals surface area contributed by atoms with Crippen molar-refractivity contribution in [1.82, 2.24) is 4.90 Å². The first kappa shape index (κ1) is 20.5. The second kappa shape index (κ2) is 9.76. The summed E-state index contributed by atoms with van der Waals surface area (Å²) in [6, 6.07) is 15.8. The smallest absolute Gasteiger partial charge is 0.241 e. The average Bonchev–Trinajstić information content (AvgIpc) is 2.67. The fourth-order valence-electron chi connectivity index (χ4n) is 2.41. The van der Waals surface area contributed by atoms with E-state index >= 15 is 0 Å². The van der Waals surface area contributed by atoms with Gasteiger partial charge in [0.2, 0.25) is 11.8 Å². The van der Waals surface area contributed by atoms with Crippen molar-refractivity contribution in [3.05, 3.63) is 54.1 Å². The molecule has 7 heteroatoms. The molecule has 0 spiro atoms. The van der Waals surface area contributed by atoms with Gasteiger partial charge in [-0.3, -0.25) is 14.5 Å². The van der Waals surface area contributed by atoms with E-state index in [1.54, 1.807) is 54.9 Å². The Morgan fingerprint density at radius 2 is 1.93 bits per heavy atom. The lowest BCUT2D eigenvalue weighted by atomic mass is 10.2. The Hall–Kier alpha value is -2.82. The summed E-state index contributed by atoms with van der Waals surface area (Å²) in [4.78, 5) is 27.4. The molecule has 0 saturated heterocycles. The van der Waals surface area contributed by atoms with E-state index < -0.39 is 6.04 Å². The highest BCUT2D eigenvalue weighted by Gasteiger charge is 2.20. The largest absolute Gasteiger partial charge is 0.325 e. The summed E-state index contributed by atoms with van der Waals surface area (Å²) in [5.74, 6) is -0.435. The van der Waals surface area contributed by atoms with Crippen LogP contribution in [0, 0.1) is 11.3 Å². The van der Waals surface area contributed by atoms with Crippen LogP contribution in [0.3, 0.4) is 0 Å². The lowest BCUT2D eigenvalue weighted by molar-refractivity contribution is -0.122. The summed E-state index contributed by atoms with van der Waals surface area (Å²) in [7, 11) is 1.72. The molecule has 0 aliphatic rings. The molecule has 2 amide bonds. The standard InChI is InChI=1S/C20H22N4O2S/c1-14(20(26)22-16-8-6-7-15(11-16)12-21)24(2)13-19(25)23-17-9-4-5-10-18(17)27-3/h4-11,14H,13H2,1-3H3,(H,22,26)(H,23,25)/t14-/m1/s1. The molecule has 2 N–H and O–H groups in total. The monoisotopic (exact) mass is 382 g/mol. The summed E-state index contributed by atoms with van der Waals surface area (Å²) in [5.41, 5.74) is 1.78. The molecular formula is C20H22N4O2S. The Bertz CT molecular complexity index is 863. The van der Waals surface area contributed by atoms with Crippen LogP contribution in [0.5, 0.6) is 0 Å². The summed E-state index contributed by atoms with van der Waals surface area (Å²) in [6.45, 7) is 1.81. The predicted octanol–water partition coefficient (Wildman–Crippen LogP) is 3.18. The fourth-order valence-corrected chi connectivity index (χ4v) is 2.97. The highest BCUT2D eigenvalue weighted by Crippen LogP contribution is 2.24. The van der Waals surface area contributed by atoms with Crippen molar-refractivity contribution in [1.29, 1.82) is 5.26 Å². The molecule has 0 aliphatic heterocycles.